The molecule has 0 aliphatic heterocycles. The Bertz CT molecular complexity index is 455. The zero-order valence-electron chi connectivity index (χ0n) is 11.2. The molecule has 0 unspecified atom stereocenters. The highest BCUT2D eigenvalue weighted by Gasteiger charge is 2.29. The molecule has 0 N–H and O–H groups in total. The second kappa shape index (κ2) is 7.78. The summed E-state index contributed by atoms with van der Waals surface area (Å²) in [5, 5.41) is 0.155. The molecule has 0 heterocycles. The third-order valence-electron chi connectivity index (χ3n) is 2.05. The number of hydrogen-bond donors (Lipinski definition) is 0. The lowest BCUT2D eigenvalue weighted by Gasteiger charge is -2.17. The van der Waals surface area contributed by atoms with Gasteiger partial charge >= 0.3 is 18.2 Å². The number of amides is 2. The average Bonchev–Trinajstić information content (AvgIpc) is 2.45. The standard InChI is InChI=1S/C13H15NO6/c1-3-18-12(16)14(13(17)19-4-2)20-11(15)10-8-6-5-7-9-10/h5-9H,3-4H2,1-2H3. The van der Waals surface area contributed by atoms with E-state index in [1.54, 1.807) is 32.0 Å². The highest BCUT2D eigenvalue weighted by atomic mass is 16.8. The first-order chi connectivity index (χ1) is 9.60. The molecule has 1 aromatic carbocycles. The van der Waals surface area contributed by atoms with Crippen LogP contribution in [0.2, 0.25) is 0 Å². The van der Waals surface area contributed by atoms with Crippen molar-refractivity contribution in [3.8, 4) is 0 Å². The summed E-state index contributed by atoms with van der Waals surface area (Å²) in [5.74, 6) is -0.869. The molecular weight excluding hydrogens is 266 g/mol. The lowest BCUT2D eigenvalue weighted by Crippen LogP contribution is -2.39. The van der Waals surface area contributed by atoms with Gasteiger partial charge in [-0.15, -0.1) is 0 Å². The molecule has 0 aliphatic carbocycles. The third-order valence-corrected chi connectivity index (χ3v) is 2.05. The van der Waals surface area contributed by atoms with E-state index in [0.29, 0.717) is 0 Å². The van der Waals surface area contributed by atoms with Gasteiger partial charge in [-0.25, -0.2) is 14.4 Å². The van der Waals surface area contributed by atoms with Gasteiger partial charge in [0.15, 0.2) is 0 Å². The van der Waals surface area contributed by atoms with E-state index in [1.807, 2.05) is 0 Å². The average molecular weight is 281 g/mol. The Kier molecular flexibility index (Phi) is 6.02. The van der Waals surface area contributed by atoms with Gasteiger partial charge in [-0.3, -0.25) is 0 Å². The van der Waals surface area contributed by atoms with Crippen LogP contribution in [-0.2, 0) is 14.3 Å². The van der Waals surface area contributed by atoms with Gasteiger partial charge in [-0.2, -0.15) is 0 Å². The van der Waals surface area contributed by atoms with Crippen LogP contribution in [0.3, 0.4) is 0 Å². The predicted octanol–water partition coefficient (Wildman–Crippen LogP) is 2.37. The first kappa shape index (κ1) is 15.5. The summed E-state index contributed by atoms with van der Waals surface area (Å²) in [6.45, 7) is 3.16. The molecule has 108 valence electrons. The molecule has 7 heteroatoms. The molecule has 20 heavy (non-hydrogen) atoms. The number of benzene rings is 1. The second-order valence-corrected chi connectivity index (χ2v) is 3.44. The van der Waals surface area contributed by atoms with Crippen LogP contribution in [0.1, 0.15) is 24.2 Å². The van der Waals surface area contributed by atoms with E-state index >= 15 is 0 Å². The van der Waals surface area contributed by atoms with Crippen LogP contribution in [-0.4, -0.2) is 36.4 Å². The van der Waals surface area contributed by atoms with E-state index in [1.165, 1.54) is 12.1 Å². The minimum absolute atomic E-state index is 0.0254. The molecule has 0 saturated carbocycles. The summed E-state index contributed by atoms with van der Waals surface area (Å²) in [6.07, 6.45) is -2.23. The Morgan fingerprint density at radius 2 is 1.45 bits per heavy atom. The van der Waals surface area contributed by atoms with E-state index in [-0.39, 0.29) is 23.8 Å². The molecule has 2 amide bonds. The Morgan fingerprint density at radius 3 is 1.90 bits per heavy atom. The summed E-state index contributed by atoms with van der Waals surface area (Å²) in [5.41, 5.74) is 0.186. The van der Waals surface area contributed by atoms with Crippen molar-refractivity contribution in [3.63, 3.8) is 0 Å². The number of imide groups is 1. The molecule has 0 bridgehead atoms. The summed E-state index contributed by atoms with van der Waals surface area (Å²) in [4.78, 5) is 39.6. The summed E-state index contributed by atoms with van der Waals surface area (Å²) >= 11 is 0. The Hall–Kier alpha value is -2.57. The van der Waals surface area contributed by atoms with E-state index in [9.17, 15) is 14.4 Å². The van der Waals surface area contributed by atoms with E-state index in [2.05, 4.69) is 9.47 Å². The number of carbonyl (C=O) groups excluding carboxylic acids is 3. The fraction of sp³-hybridized carbons (Fsp3) is 0.308. The SMILES string of the molecule is CCOC(=O)N(OC(=O)c1ccccc1)C(=O)OCC. The monoisotopic (exact) mass is 281 g/mol. The molecule has 0 aliphatic rings. The predicted molar refractivity (Wildman–Crippen MR) is 67.7 cm³/mol. The quantitative estimate of drug-likeness (QED) is 0.791. The highest BCUT2D eigenvalue weighted by Crippen LogP contribution is 2.07. The minimum atomic E-state index is -1.12. The van der Waals surface area contributed by atoms with Crippen molar-refractivity contribution >= 4 is 18.2 Å². The maximum atomic E-state index is 11.8. The lowest BCUT2D eigenvalue weighted by molar-refractivity contribution is -0.0809. The van der Waals surface area contributed by atoms with Gasteiger partial charge in [-0.05, 0) is 31.0 Å². The van der Waals surface area contributed by atoms with E-state index in [4.69, 9.17) is 4.84 Å². The van der Waals surface area contributed by atoms with Gasteiger partial charge in [0, 0.05) is 0 Å². The number of rotatable bonds is 3. The second-order valence-electron chi connectivity index (χ2n) is 3.44. The summed E-state index contributed by atoms with van der Waals surface area (Å²) < 4.78 is 9.23. The van der Waals surface area contributed by atoms with Crippen LogP contribution >= 0.6 is 0 Å². The molecule has 1 rings (SSSR count). The zero-order valence-corrected chi connectivity index (χ0v) is 11.2. The molecule has 7 nitrogen and oxygen atoms in total. The number of nitrogens with zero attached hydrogens (tertiary/aromatic N) is 1. The van der Waals surface area contributed by atoms with Crippen molar-refractivity contribution in [1.82, 2.24) is 5.06 Å². The zero-order chi connectivity index (χ0) is 15.0. The fourth-order valence-electron chi connectivity index (χ4n) is 1.22. The van der Waals surface area contributed by atoms with Gasteiger partial charge in [0.1, 0.15) is 0 Å². The van der Waals surface area contributed by atoms with E-state index in [0.717, 1.165) is 0 Å². The van der Waals surface area contributed by atoms with Crippen LogP contribution < -0.4 is 0 Å². The van der Waals surface area contributed by atoms with Crippen LogP contribution in [0.5, 0.6) is 0 Å². The molecule has 0 spiro atoms. The van der Waals surface area contributed by atoms with Crippen molar-refractivity contribution in [1.29, 1.82) is 0 Å². The van der Waals surface area contributed by atoms with Crippen LogP contribution in [0.15, 0.2) is 30.3 Å². The first-order valence-corrected chi connectivity index (χ1v) is 6.01. The smallest absolute Gasteiger partial charge is 0.447 e. The highest BCUT2D eigenvalue weighted by molar-refractivity contribution is 5.93. The van der Waals surface area contributed by atoms with Crippen molar-refractivity contribution in [2.45, 2.75) is 13.8 Å². The largest absolute Gasteiger partial charge is 0.454 e. The Morgan fingerprint density at radius 1 is 0.950 bits per heavy atom. The Balaban J connectivity index is 2.81. The molecular formula is C13H15NO6. The van der Waals surface area contributed by atoms with Crippen LogP contribution in [0.4, 0.5) is 9.59 Å². The van der Waals surface area contributed by atoms with Gasteiger partial charge in [0.2, 0.25) is 0 Å². The number of hydroxylamine groups is 2. The number of hydrogen-bond acceptors (Lipinski definition) is 6. The number of carbonyl (C=O) groups is 3. The normalized spacial score (nSPS) is 9.50. The topological polar surface area (TPSA) is 82.1 Å². The van der Waals surface area contributed by atoms with Gasteiger partial charge < -0.3 is 14.3 Å². The van der Waals surface area contributed by atoms with Gasteiger partial charge in [0.05, 0.1) is 18.8 Å². The van der Waals surface area contributed by atoms with Crippen LogP contribution in [0.25, 0.3) is 0 Å². The Labute approximate surface area is 116 Å². The van der Waals surface area contributed by atoms with Crippen molar-refractivity contribution in [2.24, 2.45) is 0 Å². The lowest BCUT2D eigenvalue weighted by atomic mass is 10.2. The molecule has 1 aromatic rings. The minimum Gasteiger partial charge on any atom is -0.447 e. The molecule has 0 saturated heterocycles. The fourth-order valence-corrected chi connectivity index (χ4v) is 1.22. The summed E-state index contributed by atoms with van der Waals surface area (Å²) in [7, 11) is 0. The van der Waals surface area contributed by atoms with Crippen molar-refractivity contribution in [3.05, 3.63) is 35.9 Å². The van der Waals surface area contributed by atoms with Gasteiger partial charge in [-0.1, -0.05) is 18.2 Å². The van der Waals surface area contributed by atoms with E-state index < -0.39 is 18.2 Å². The number of ether oxygens (including phenoxy) is 2. The molecule has 0 atom stereocenters. The van der Waals surface area contributed by atoms with Crippen molar-refractivity contribution in [2.75, 3.05) is 13.2 Å². The maximum absolute atomic E-state index is 11.8. The summed E-state index contributed by atoms with van der Waals surface area (Å²) in [6, 6.07) is 7.92. The molecule has 0 radical (unpaired) electrons. The maximum Gasteiger partial charge on any atom is 0.454 e. The van der Waals surface area contributed by atoms with Gasteiger partial charge in [0.25, 0.3) is 0 Å². The molecule has 0 aromatic heterocycles. The van der Waals surface area contributed by atoms with Crippen molar-refractivity contribution < 1.29 is 28.7 Å². The first-order valence-electron chi connectivity index (χ1n) is 6.01. The molecule has 0 fully saturated rings. The third kappa shape index (κ3) is 4.27. The van der Waals surface area contributed by atoms with Crippen LogP contribution in [0, 0.1) is 0 Å².